The van der Waals surface area contributed by atoms with E-state index >= 15 is 0 Å². The van der Waals surface area contributed by atoms with E-state index in [1.807, 2.05) is 0 Å². The number of amides is 1. The van der Waals surface area contributed by atoms with Gasteiger partial charge in [-0.05, 0) is 58.2 Å². The summed E-state index contributed by atoms with van der Waals surface area (Å²) in [6.45, 7) is 5.45. The summed E-state index contributed by atoms with van der Waals surface area (Å²) in [7, 11) is 0. The number of likely N-dealkylation sites (tertiary alicyclic amines) is 2. The molecule has 1 N–H and O–H groups in total. The number of piperidine rings is 2. The Hall–Kier alpha value is -0.0300. The van der Waals surface area contributed by atoms with Gasteiger partial charge in [-0.1, -0.05) is 6.42 Å². The van der Waals surface area contributed by atoms with E-state index in [-0.39, 0.29) is 30.9 Å². The molecule has 3 rings (SSSR count). The first-order valence-corrected chi connectivity index (χ1v) is 8.11. The van der Waals surface area contributed by atoms with Crippen LogP contribution in [0.25, 0.3) is 0 Å². The second-order valence-corrected chi connectivity index (χ2v) is 6.33. The van der Waals surface area contributed by atoms with Crippen molar-refractivity contribution in [3.8, 4) is 0 Å². The fourth-order valence-electron chi connectivity index (χ4n) is 3.84. The van der Waals surface area contributed by atoms with Gasteiger partial charge in [0, 0.05) is 19.1 Å². The highest BCUT2D eigenvalue weighted by Gasteiger charge is 2.32. The van der Waals surface area contributed by atoms with Gasteiger partial charge < -0.3 is 10.2 Å². The van der Waals surface area contributed by atoms with Crippen molar-refractivity contribution in [2.75, 3.05) is 32.7 Å². The van der Waals surface area contributed by atoms with Crippen LogP contribution in [0.1, 0.15) is 44.9 Å². The SMILES string of the molecule is Cl.Cl.O=C([C@@H]1CCCCN1)N1CCCC(N2CCCC2)C1. The second kappa shape index (κ2) is 9.19. The fraction of sp³-hybridized carbons (Fsp3) is 0.933. The summed E-state index contributed by atoms with van der Waals surface area (Å²) >= 11 is 0. The molecule has 3 saturated heterocycles. The highest BCUT2D eigenvalue weighted by atomic mass is 35.5. The molecule has 1 unspecified atom stereocenters. The summed E-state index contributed by atoms with van der Waals surface area (Å²) in [5, 5.41) is 3.40. The Bertz CT molecular complexity index is 318. The molecule has 2 atom stereocenters. The predicted molar refractivity (Wildman–Crippen MR) is 90.5 cm³/mol. The normalized spacial score (nSPS) is 30.4. The van der Waals surface area contributed by atoms with E-state index in [1.165, 1.54) is 51.6 Å². The van der Waals surface area contributed by atoms with Gasteiger partial charge in [-0.2, -0.15) is 0 Å². The first-order valence-electron chi connectivity index (χ1n) is 8.11. The van der Waals surface area contributed by atoms with E-state index in [9.17, 15) is 4.79 Å². The Morgan fingerprint density at radius 3 is 2.33 bits per heavy atom. The maximum absolute atomic E-state index is 12.6. The zero-order valence-electron chi connectivity index (χ0n) is 12.8. The first-order chi connectivity index (χ1) is 9.34. The van der Waals surface area contributed by atoms with Gasteiger partial charge in [-0.25, -0.2) is 0 Å². The highest BCUT2D eigenvalue weighted by molar-refractivity contribution is 5.85. The zero-order valence-corrected chi connectivity index (χ0v) is 14.4. The van der Waals surface area contributed by atoms with Gasteiger partial charge in [-0.15, -0.1) is 24.8 Å². The molecular formula is C15H29Cl2N3O. The highest BCUT2D eigenvalue weighted by Crippen LogP contribution is 2.21. The number of rotatable bonds is 2. The number of carbonyl (C=O) groups excluding carboxylic acids is 1. The maximum Gasteiger partial charge on any atom is 0.239 e. The van der Waals surface area contributed by atoms with Crippen LogP contribution in [0.3, 0.4) is 0 Å². The van der Waals surface area contributed by atoms with Gasteiger partial charge in [0.1, 0.15) is 0 Å². The molecule has 0 radical (unpaired) electrons. The molecular weight excluding hydrogens is 309 g/mol. The van der Waals surface area contributed by atoms with Gasteiger partial charge in [0.05, 0.1) is 6.04 Å². The van der Waals surface area contributed by atoms with Gasteiger partial charge in [-0.3, -0.25) is 9.69 Å². The van der Waals surface area contributed by atoms with Crippen molar-refractivity contribution in [3.63, 3.8) is 0 Å². The predicted octanol–water partition coefficient (Wildman–Crippen LogP) is 2.06. The molecule has 0 bridgehead atoms. The Kier molecular flexibility index (Phi) is 8.32. The lowest BCUT2D eigenvalue weighted by molar-refractivity contribution is -0.136. The van der Waals surface area contributed by atoms with Crippen LogP contribution in [0.2, 0.25) is 0 Å². The molecule has 21 heavy (non-hydrogen) atoms. The molecule has 0 saturated carbocycles. The van der Waals surface area contributed by atoms with E-state index in [4.69, 9.17) is 0 Å². The fourth-order valence-corrected chi connectivity index (χ4v) is 3.84. The third-order valence-electron chi connectivity index (χ3n) is 4.97. The molecule has 1 amide bonds. The zero-order chi connectivity index (χ0) is 13.1. The van der Waals surface area contributed by atoms with Crippen LogP contribution >= 0.6 is 24.8 Å². The van der Waals surface area contributed by atoms with E-state index in [0.29, 0.717) is 11.9 Å². The topological polar surface area (TPSA) is 35.6 Å². The summed E-state index contributed by atoms with van der Waals surface area (Å²) < 4.78 is 0. The van der Waals surface area contributed by atoms with Crippen LogP contribution in [0.5, 0.6) is 0 Å². The summed E-state index contributed by atoms with van der Waals surface area (Å²) in [4.78, 5) is 17.3. The van der Waals surface area contributed by atoms with Crippen LogP contribution < -0.4 is 5.32 Å². The number of hydrogen-bond acceptors (Lipinski definition) is 3. The van der Waals surface area contributed by atoms with Crippen molar-refractivity contribution >= 4 is 30.7 Å². The largest absolute Gasteiger partial charge is 0.340 e. The van der Waals surface area contributed by atoms with Gasteiger partial charge >= 0.3 is 0 Å². The minimum Gasteiger partial charge on any atom is -0.340 e. The summed E-state index contributed by atoms with van der Waals surface area (Å²) in [6, 6.07) is 0.731. The second-order valence-electron chi connectivity index (χ2n) is 6.33. The quantitative estimate of drug-likeness (QED) is 0.837. The maximum atomic E-state index is 12.6. The summed E-state index contributed by atoms with van der Waals surface area (Å²) in [5.41, 5.74) is 0. The van der Waals surface area contributed by atoms with Crippen LogP contribution in [0.4, 0.5) is 0 Å². The molecule has 6 heteroatoms. The number of hydrogen-bond donors (Lipinski definition) is 1. The molecule has 0 aromatic rings. The van der Waals surface area contributed by atoms with Crippen LogP contribution in [-0.4, -0.2) is 60.5 Å². The van der Waals surface area contributed by atoms with Crippen molar-refractivity contribution in [1.82, 2.24) is 15.1 Å². The smallest absolute Gasteiger partial charge is 0.239 e. The lowest BCUT2D eigenvalue weighted by atomic mass is 10.00. The monoisotopic (exact) mass is 337 g/mol. The number of nitrogens with zero attached hydrogens (tertiary/aromatic N) is 2. The lowest BCUT2D eigenvalue weighted by Gasteiger charge is -2.39. The van der Waals surface area contributed by atoms with Crippen molar-refractivity contribution in [2.24, 2.45) is 0 Å². The minimum atomic E-state index is 0. The molecule has 0 aliphatic carbocycles. The molecule has 3 heterocycles. The lowest BCUT2D eigenvalue weighted by Crippen LogP contribution is -2.54. The third kappa shape index (κ3) is 4.72. The Morgan fingerprint density at radius 1 is 0.905 bits per heavy atom. The molecule has 0 aromatic carbocycles. The van der Waals surface area contributed by atoms with E-state index in [2.05, 4.69) is 15.1 Å². The standard InChI is InChI=1S/C15H27N3O.2ClH/c19-15(14-7-1-2-8-16-14)18-11-5-6-13(12-18)17-9-3-4-10-17;;/h13-14,16H,1-12H2;2*1H/t13?,14-;;/m0../s1. The number of halogens is 2. The van der Waals surface area contributed by atoms with Gasteiger partial charge in [0.2, 0.25) is 5.91 Å². The average molecular weight is 338 g/mol. The van der Waals surface area contributed by atoms with Gasteiger partial charge in [0.25, 0.3) is 0 Å². The van der Waals surface area contributed by atoms with Crippen molar-refractivity contribution in [3.05, 3.63) is 0 Å². The number of carbonyl (C=O) groups is 1. The number of nitrogens with one attached hydrogen (secondary N) is 1. The van der Waals surface area contributed by atoms with E-state index < -0.39 is 0 Å². The Labute approximate surface area is 140 Å². The molecule has 124 valence electrons. The average Bonchev–Trinajstić information content (AvgIpc) is 3.02. The van der Waals surface area contributed by atoms with Crippen LogP contribution in [0, 0.1) is 0 Å². The molecule has 3 aliphatic rings. The molecule has 3 aliphatic heterocycles. The van der Waals surface area contributed by atoms with Crippen molar-refractivity contribution < 1.29 is 4.79 Å². The molecule has 0 aromatic heterocycles. The third-order valence-corrected chi connectivity index (χ3v) is 4.97. The van der Waals surface area contributed by atoms with Crippen LogP contribution in [-0.2, 0) is 4.79 Å². The van der Waals surface area contributed by atoms with E-state index in [0.717, 1.165) is 26.1 Å². The van der Waals surface area contributed by atoms with Crippen LogP contribution in [0.15, 0.2) is 0 Å². The van der Waals surface area contributed by atoms with E-state index in [1.54, 1.807) is 0 Å². The Balaban J connectivity index is 0.00000110. The molecule has 3 fully saturated rings. The summed E-state index contributed by atoms with van der Waals surface area (Å²) in [5.74, 6) is 0.364. The summed E-state index contributed by atoms with van der Waals surface area (Å²) in [6.07, 6.45) is 8.60. The minimum absolute atomic E-state index is 0. The molecule has 0 spiro atoms. The Morgan fingerprint density at radius 2 is 1.67 bits per heavy atom. The van der Waals surface area contributed by atoms with Crippen molar-refractivity contribution in [2.45, 2.75) is 57.0 Å². The first kappa shape index (κ1) is 19.0. The van der Waals surface area contributed by atoms with Gasteiger partial charge in [0.15, 0.2) is 0 Å². The van der Waals surface area contributed by atoms with Crippen molar-refractivity contribution in [1.29, 1.82) is 0 Å². The molecule has 4 nitrogen and oxygen atoms in total.